The van der Waals surface area contributed by atoms with Gasteiger partial charge < -0.3 is 14.2 Å². The lowest BCUT2D eigenvalue weighted by Crippen LogP contribution is -2.30. The van der Waals surface area contributed by atoms with Gasteiger partial charge in [0, 0.05) is 19.3 Å². The molecule has 80 heavy (non-hydrogen) atoms. The molecule has 454 valence electrons. The highest BCUT2D eigenvalue weighted by Crippen LogP contribution is 2.17. The van der Waals surface area contributed by atoms with Crippen LogP contribution in [0.25, 0.3) is 0 Å². The number of esters is 3. The molecule has 0 aromatic rings. The smallest absolute Gasteiger partial charge is 0.306 e. The van der Waals surface area contributed by atoms with Crippen molar-refractivity contribution in [2.75, 3.05) is 13.2 Å². The molecule has 0 radical (unpaired) electrons. The highest BCUT2D eigenvalue weighted by atomic mass is 16.6. The molecule has 0 fully saturated rings. The lowest BCUT2D eigenvalue weighted by atomic mass is 10.0. The highest BCUT2D eigenvalue weighted by molar-refractivity contribution is 5.71. The summed E-state index contributed by atoms with van der Waals surface area (Å²) in [5.74, 6) is -0.986. The Morgan fingerprint density at radius 2 is 0.500 bits per heavy atom. The van der Waals surface area contributed by atoms with Gasteiger partial charge in [-0.2, -0.15) is 0 Å². The summed E-state index contributed by atoms with van der Waals surface area (Å²) in [6.45, 7) is 6.37. The number of hydrogen-bond donors (Lipinski definition) is 0. The van der Waals surface area contributed by atoms with E-state index in [1.807, 2.05) is 0 Å². The Kier molecular flexibility index (Phi) is 63.3. The van der Waals surface area contributed by atoms with Crippen molar-refractivity contribution in [2.45, 2.75) is 303 Å². The third kappa shape index (κ3) is 64.4. The third-order valence-electron chi connectivity index (χ3n) is 13.9. The van der Waals surface area contributed by atoms with Gasteiger partial charge in [0.05, 0.1) is 0 Å². The second-order valence-corrected chi connectivity index (χ2v) is 21.6. The minimum absolute atomic E-state index is 0.111. The van der Waals surface area contributed by atoms with Crippen LogP contribution in [0.15, 0.2) is 134 Å². The summed E-state index contributed by atoms with van der Waals surface area (Å²) in [5.41, 5.74) is 0. The molecule has 0 N–H and O–H groups in total. The number of allylic oxidation sites excluding steroid dienone is 22. The van der Waals surface area contributed by atoms with Crippen LogP contribution >= 0.6 is 0 Å². The zero-order valence-electron chi connectivity index (χ0n) is 52.0. The summed E-state index contributed by atoms with van der Waals surface area (Å²) in [6, 6.07) is 0. The number of unbranched alkanes of at least 4 members (excludes halogenated alkanes) is 26. The van der Waals surface area contributed by atoms with Gasteiger partial charge >= 0.3 is 17.9 Å². The predicted molar refractivity (Wildman–Crippen MR) is 348 cm³/mol. The minimum atomic E-state index is -0.817. The van der Waals surface area contributed by atoms with E-state index >= 15 is 0 Å². The second-order valence-electron chi connectivity index (χ2n) is 21.6. The monoisotopic (exact) mass is 1110 g/mol. The largest absolute Gasteiger partial charge is 0.462 e. The van der Waals surface area contributed by atoms with E-state index in [1.54, 1.807) is 0 Å². The van der Waals surface area contributed by atoms with E-state index in [1.165, 1.54) is 122 Å². The Labute approximate surface area is 494 Å². The minimum Gasteiger partial charge on any atom is -0.462 e. The van der Waals surface area contributed by atoms with Crippen molar-refractivity contribution >= 4 is 17.9 Å². The number of hydrogen-bond acceptors (Lipinski definition) is 6. The van der Waals surface area contributed by atoms with Gasteiger partial charge in [0.25, 0.3) is 0 Å². The summed E-state index contributed by atoms with van der Waals surface area (Å²) in [4.78, 5) is 38.4. The summed E-state index contributed by atoms with van der Waals surface area (Å²) in [7, 11) is 0. The van der Waals surface area contributed by atoms with Crippen LogP contribution in [0, 0.1) is 0 Å². The molecule has 0 heterocycles. The van der Waals surface area contributed by atoms with Crippen LogP contribution in [-0.2, 0) is 28.6 Å². The molecule has 0 saturated carbocycles. The van der Waals surface area contributed by atoms with E-state index in [0.29, 0.717) is 19.3 Å². The molecule has 6 heteroatoms. The topological polar surface area (TPSA) is 78.9 Å². The Hall–Kier alpha value is -4.45. The molecule has 6 nitrogen and oxygen atoms in total. The number of rotatable bonds is 59. The zero-order valence-corrected chi connectivity index (χ0v) is 52.0. The number of carbonyl (C=O) groups excluding carboxylic acids is 3. The molecule has 0 amide bonds. The van der Waals surface area contributed by atoms with E-state index in [2.05, 4.69) is 154 Å². The lowest BCUT2D eigenvalue weighted by molar-refractivity contribution is -0.167. The van der Waals surface area contributed by atoms with Crippen molar-refractivity contribution in [3.05, 3.63) is 134 Å². The van der Waals surface area contributed by atoms with Gasteiger partial charge in [0.2, 0.25) is 0 Å². The van der Waals surface area contributed by atoms with Crippen molar-refractivity contribution in [1.29, 1.82) is 0 Å². The second kappa shape index (κ2) is 67.1. The van der Waals surface area contributed by atoms with Gasteiger partial charge in [-0.1, -0.05) is 302 Å². The Balaban J connectivity index is 4.50. The van der Waals surface area contributed by atoms with E-state index in [4.69, 9.17) is 14.2 Å². The van der Waals surface area contributed by atoms with E-state index in [0.717, 1.165) is 128 Å². The van der Waals surface area contributed by atoms with Crippen LogP contribution in [0.3, 0.4) is 0 Å². The van der Waals surface area contributed by atoms with Crippen LogP contribution in [0.5, 0.6) is 0 Å². The normalized spacial score (nSPS) is 13.0. The zero-order chi connectivity index (χ0) is 57.8. The first-order chi connectivity index (χ1) is 39.5. The first-order valence-corrected chi connectivity index (χ1v) is 33.2. The van der Waals surface area contributed by atoms with Crippen LogP contribution in [0.1, 0.15) is 297 Å². The molecule has 1 unspecified atom stereocenters. The van der Waals surface area contributed by atoms with E-state index in [-0.39, 0.29) is 37.5 Å². The molecule has 0 rings (SSSR count). The Bertz CT molecular complexity index is 1700. The maximum Gasteiger partial charge on any atom is 0.306 e. The molecule has 0 aliphatic rings. The van der Waals surface area contributed by atoms with Crippen LogP contribution in [0.4, 0.5) is 0 Å². The van der Waals surface area contributed by atoms with E-state index in [9.17, 15) is 14.4 Å². The van der Waals surface area contributed by atoms with Crippen molar-refractivity contribution in [3.63, 3.8) is 0 Å². The SMILES string of the molecule is CC/C=C\C/C=C\C/C=C\C/C=C\C/C=C\C/C=C\C/C=C\CCCC(=O)OCC(COC(=O)CCCCCC/C=C\C/C=C\C/C=C\C/C=C\CC)OC(=O)CCCCCCCCCCCCCCCCCCCCCCCC. The van der Waals surface area contributed by atoms with E-state index < -0.39 is 6.10 Å². The van der Waals surface area contributed by atoms with Crippen molar-refractivity contribution in [1.82, 2.24) is 0 Å². The molecule has 0 aromatic carbocycles. The van der Waals surface area contributed by atoms with Crippen LogP contribution in [-0.4, -0.2) is 37.2 Å². The van der Waals surface area contributed by atoms with Gasteiger partial charge in [0.1, 0.15) is 13.2 Å². The average Bonchev–Trinajstić information content (AvgIpc) is 3.46. The molecule has 0 aromatic heterocycles. The lowest BCUT2D eigenvalue weighted by Gasteiger charge is -2.18. The fraction of sp³-hybridized carbons (Fsp3) is 0.662. The molecule has 0 saturated heterocycles. The maximum atomic E-state index is 12.9. The summed E-state index contributed by atoms with van der Waals surface area (Å²) >= 11 is 0. The Morgan fingerprint density at radius 3 is 0.812 bits per heavy atom. The van der Waals surface area contributed by atoms with Gasteiger partial charge in [-0.25, -0.2) is 0 Å². The average molecular weight is 1110 g/mol. The third-order valence-corrected chi connectivity index (χ3v) is 13.9. The summed E-state index contributed by atoms with van der Waals surface area (Å²) < 4.78 is 16.9. The summed E-state index contributed by atoms with van der Waals surface area (Å²) in [6.07, 6.45) is 94.7. The maximum absolute atomic E-state index is 12.9. The van der Waals surface area contributed by atoms with Gasteiger partial charge in [-0.15, -0.1) is 0 Å². The van der Waals surface area contributed by atoms with Gasteiger partial charge in [-0.3, -0.25) is 14.4 Å². The molecule has 0 aliphatic heterocycles. The number of ether oxygens (including phenoxy) is 3. The molecule has 0 spiro atoms. The van der Waals surface area contributed by atoms with Crippen molar-refractivity contribution in [2.24, 2.45) is 0 Å². The molecule has 0 aliphatic carbocycles. The standard InChI is InChI=1S/C74H122O6/c1-4-7-10-13-16-19-22-25-28-31-33-35-37-39-40-43-46-49-52-55-58-61-64-67-73(76)79-70-71(69-78-72(75)66-63-60-57-54-51-48-45-42-30-27-24-21-18-15-12-9-6-3)80-74(77)68-65-62-59-56-53-50-47-44-41-38-36-34-32-29-26-23-20-17-14-11-8-5-2/h7,9-10,12,16,18-19,21,25,27-28,30,33,35,39-40,45-46,48-49,55,58,71H,4-6,8,11,13-15,17,20,22-24,26,29,31-32,34,36-38,41-44,47,50-54,56-57,59-70H2,1-3H3/b10-7-,12-9-,19-16-,21-18-,28-25-,30-27-,35-33-,40-39-,48-45-,49-46-,58-55-. The summed E-state index contributed by atoms with van der Waals surface area (Å²) in [5, 5.41) is 0. The first-order valence-electron chi connectivity index (χ1n) is 33.2. The van der Waals surface area contributed by atoms with Crippen molar-refractivity contribution in [3.8, 4) is 0 Å². The number of carbonyl (C=O) groups is 3. The molecule has 0 bridgehead atoms. The van der Waals surface area contributed by atoms with Gasteiger partial charge in [-0.05, 0) is 109 Å². The molecular formula is C74H122O6. The van der Waals surface area contributed by atoms with Crippen LogP contribution in [0.2, 0.25) is 0 Å². The van der Waals surface area contributed by atoms with Crippen molar-refractivity contribution < 1.29 is 28.6 Å². The molecule has 1 atom stereocenters. The molecular weight excluding hydrogens is 985 g/mol. The highest BCUT2D eigenvalue weighted by Gasteiger charge is 2.19. The fourth-order valence-electron chi connectivity index (χ4n) is 9.01. The first kappa shape index (κ1) is 75.5. The predicted octanol–water partition coefficient (Wildman–Crippen LogP) is 22.9. The van der Waals surface area contributed by atoms with Gasteiger partial charge in [0.15, 0.2) is 6.10 Å². The quantitative estimate of drug-likeness (QED) is 0.0261. The van der Waals surface area contributed by atoms with Crippen LogP contribution < -0.4 is 0 Å². The Morgan fingerprint density at radius 1 is 0.263 bits per heavy atom. The fourth-order valence-corrected chi connectivity index (χ4v) is 9.01.